The average molecular weight is 278 g/mol. The summed E-state index contributed by atoms with van der Waals surface area (Å²) in [6.07, 6.45) is 0. The van der Waals surface area contributed by atoms with Gasteiger partial charge in [0.15, 0.2) is 6.61 Å². The number of ether oxygens (including phenoxy) is 1. The van der Waals surface area contributed by atoms with Crippen LogP contribution in [0.2, 0.25) is 0 Å². The SMILES string of the molecule is CC(C)CN(CC(C)C)C(=O)COc1ccccc1N. The van der Waals surface area contributed by atoms with Gasteiger partial charge in [0, 0.05) is 13.1 Å². The lowest BCUT2D eigenvalue weighted by molar-refractivity contribution is -0.134. The second-order valence-corrected chi connectivity index (χ2v) is 5.91. The lowest BCUT2D eigenvalue weighted by Gasteiger charge is -2.26. The Morgan fingerprint density at radius 3 is 2.20 bits per heavy atom. The molecular formula is C16H26N2O2. The number of carbonyl (C=O) groups is 1. The Balaban J connectivity index is 2.59. The maximum absolute atomic E-state index is 12.3. The molecule has 1 rings (SSSR count). The third-order valence-electron chi connectivity index (χ3n) is 2.79. The van der Waals surface area contributed by atoms with Crippen molar-refractivity contribution in [2.24, 2.45) is 11.8 Å². The van der Waals surface area contributed by atoms with Crippen LogP contribution < -0.4 is 10.5 Å². The number of nitrogens with two attached hydrogens (primary N) is 1. The van der Waals surface area contributed by atoms with Crippen LogP contribution in [-0.2, 0) is 4.79 Å². The molecule has 0 bridgehead atoms. The monoisotopic (exact) mass is 278 g/mol. The van der Waals surface area contributed by atoms with E-state index in [-0.39, 0.29) is 12.5 Å². The van der Waals surface area contributed by atoms with Crippen LogP contribution in [-0.4, -0.2) is 30.5 Å². The van der Waals surface area contributed by atoms with Gasteiger partial charge >= 0.3 is 0 Å². The minimum absolute atomic E-state index is 0.00986. The Bertz CT molecular complexity index is 420. The van der Waals surface area contributed by atoms with E-state index in [1.807, 2.05) is 17.0 Å². The fraction of sp³-hybridized carbons (Fsp3) is 0.562. The van der Waals surface area contributed by atoms with Crippen LogP contribution in [0.15, 0.2) is 24.3 Å². The molecule has 0 radical (unpaired) electrons. The summed E-state index contributed by atoms with van der Waals surface area (Å²) in [5.74, 6) is 1.46. The van der Waals surface area contributed by atoms with Crippen molar-refractivity contribution in [3.05, 3.63) is 24.3 Å². The van der Waals surface area contributed by atoms with Crippen LogP contribution in [0.25, 0.3) is 0 Å². The number of para-hydroxylation sites is 2. The number of nitrogens with zero attached hydrogens (tertiary/aromatic N) is 1. The summed E-state index contributed by atoms with van der Waals surface area (Å²) in [6, 6.07) is 7.22. The lowest BCUT2D eigenvalue weighted by atomic mass is 10.1. The highest BCUT2D eigenvalue weighted by molar-refractivity contribution is 5.78. The molecule has 0 aliphatic heterocycles. The molecule has 0 atom stereocenters. The number of anilines is 1. The summed E-state index contributed by atoms with van der Waals surface area (Å²) < 4.78 is 5.53. The Kier molecular flexibility index (Phi) is 6.36. The zero-order valence-electron chi connectivity index (χ0n) is 12.9. The first-order valence-electron chi connectivity index (χ1n) is 7.15. The van der Waals surface area contributed by atoms with Gasteiger partial charge in [-0.05, 0) is 24.0 Å². The van der Waals surface area contributed by atoms with E-state index in [2.05, 4.69) is 27.7 Å². The first-order chi connectivity index (χ1) is 9.40. The topological polar surface area (TPSA) is 55.6 Å². The number of rotatable bonds is 7. The van der Waals surface area contributed by atoms with Gasteiger partial charge in [0.25, 0.3) is 5.91 Å². The zero-order valence-corrected chi connectivity index (χ0v) is 12.9. The lowest BCUT2D eigenvalue weighted by Crippen LogP contribution is -2.39. The summed E-state index contributed by atoms with van der Waals surface area (Å²) in [5, 5.41) is 0. The number of carbonyl (C=O) groups excluding carboxylic acids is 1. The molecule has 0 aliphatic carbocycles. The van der Waals surface area contributed by atoms with Crippen LogP contribution in [0.3, 0.4) is 0 Å². The van der Waals surface area contributed by atoms with Crippen LogP contribution in [0.5, 0.6) is 5.75 Å². The fourth-order valence-electron chi connectivity index (χ4n) is 2.00. The van der Waals surface area contributed by atoms with Gasteiger partial charge in [-0.15, -0.1) is 0 Å². The van der Waals surface area contributed by atoms with Gasteiger partial charge in [0.2, 0.25) is 0 Å². The normalized spacial score (nSPS) is 10.9. The summed E-state index contributed by atoms with van der Waals surface area (Å²) in [6.45, 7) is 9.98. The average Bonchev–Trinajstić information content (AvgIpc) is 2.35. The van der Waals surface area contributed by atoms with E-state index in [9.17, 15) is 4.79 Å². The second kappa shape index (κ2) is 7.78. The van der Waals surface area contributed by atoms with E-state index in [1.165, 1.54) is 0 Å². The van der Waals surface area contributed by atoms with E-state index in [1.54, 1.807) is 12.1 Å². The molecule has 4 heteroatoms. The van der Waals surface area contributed by atoms with Gasteiger partial charge < -0.3 is 15.4 Å². The van der Waals surface area contributed by atoms with Gasteiger partial charge in [0.1, 0.15) is 5.75 Å². The molecule has 0 spiro atoms. The second-order valence-electron chi connectivity index (χ2n) is 5.91. The quantitative estimate of drug-likeness (QED) is 0.780. The molecule has 4 nitrogen and oxygen atoms in total. The van der Waals surface area contributed by atoms with E-state index in [0.29, 0.717) is 23.3 Å². The minimum atomic E-state index is 0.00986. The summed E-state index contributed by atoms with van der Waals surface area (Å²) in [5.41, 5.74) is 6.35. The molecule has 0 saturated heterocycles. The number of amides is 1. The van der Waals surface area contributed by atoms with Crippen molar-refractivity contribution in [2.45, 2.75) is 27.7 Å². The Hall–Kier alpha value is -1.71. The van der Waals surface area contributed by atoms with Crippen molar-refractivity contribution >= 4 is 11.6 Å². The molecule has 1 aromatic carbocycles. The van der Waals surface area contributed by atoms with E-state index < -0.39 is 0 Å². The maximum atomic E-state index is 12.3. The largest absolute Gasteiger partial charge is 0.482 e. The van der Waals surface area contributed by atoms with E-state index in [4.69, 9.17) is 10.5 Å². The molecular weight excluding hydrogens is 252 g/mol. The van der Waals surface area contributed by atoms with Crippen molar-refractivity contribution in [1.29, 1.82) is 0 Å². The summed E-state index contributed by atoms with van der Waals surface area (Å²) >= 11 is 0. The predicted molar refractivity (Wildman–Crippen MR) is 82.6 cm³/mol. The maximum Gasteiger partial charge on any atom is 0.260 e. The first kappa shape index (κ1) is 16.3. The Morgan fingerprint density at radius 2 is 1.70 bits per heavy atom. The molecule has 0 heterocycles. The molecule has 0 saturated carbocycles. The van der Waals surface area contributed by atoms with Crippen LogP contribution in [0.1, 0.15) is 27.7 Å². The van der Waals surface area contributed by atoms with Gasteiger partial charge in [-0.25, -0.2) is 0 Å². The molecule has 0 aromatic heterocycles. The highest BCUT2D eigenvalue weighted by Gasteiger charge is 2.17. The van der Waals surface area contributed by atoms with Crippen molar-refractivity contribution in [3.63, 3.8) is 0 Å². The van der Waals surface area contributed by atoms with Crippen molar-refractivity contribution in [3.8, 4) is 5.75 Å². The molecule has 20 heavy (non-hydrogen) atoms. The highest BCUT2D eigenvalue weighted by atomic mass is 16.5. The molecule has 1 amide bonds. The van der Waals surface area contributed by atoms with Gasteiger partial charge in [-0.2, -0.15) is 0 Å². The van der Waals surface area contributed by atoms with E-state index >= 15 is 0 Å². The number of nitrogen functional groups attached to an aromatic ring is 1. The molecule has 2 N–H and O–H groups in total. The number of benzene rings is 1. The molecule has 0 fully saturated rings. The van der Waals surface area contributed by atoms with Gasteiger partial charge in [0.05, 0.1) is 5.69 Å². The van der Waals surface area contributed by atoms with Crippen molar-refractivity contribution in [1.82, 2.24) is 4.90 Å². The zero-order chi connectivity index (χ0) is 15.1. The van der Waals surface area contributed by atoms with Crippen LogP contribution >= 0.6 is 0 Å². The van der Waals surface area contributed by atoms with E-state index in [0.717, 1.165) is 13.1 Å². The Morgan fingerprint density at radius 1 is 1.15 bits per heavy atom. The van der Waals surface area contributed by atoms with Crippen LogP contribution in [0.4, 0.5) is 5.69 Å². The Labute approximate surface area is 121 Å². The smallest absolute Gasteiger partial charge is 0.260 e. The predicted octanol–water partition coefficient (Wildman–Crippen LogP) is 2.79. The van der Waals surface area contributed by atoms with Gasteiger partial charge in [-0.3, -0.25) is 4.79 Å². The first-order valence-corrected chi connectivity index (χ1v) is 7.15. The molecule has 1 aromatic rings. The fourth-order valence-corrected chi connectivity index (χ4v) is 2.00. The van der Waals surface area contributed by atoms with Crippen molar-refractivity contribution in [2.75, 3.05) is 25.4 Å². The number of hydrogen-bond acceptors (Lipinski definition) is 3. The third-order valence-corrected chi connectivity index (χ3v) is 2.79. The number of hydrogen-bond donors (Lipinski definition) is 1. The molecule has 0 unspecified atom stereocenters. The summed E-state index contributed by atoms with van der Waals surface area (Å²) in [7, 11) is 0. The minimum Gasteiger partial charge on any atom is -0.482 e. The van der Waals surface area contributed by atoms with Gasteiger partial charge in [-0.1, -0.05) is 39.8 Å². The van der Waals surface area contributed by atoms with Crippen LogP contribution in [0, 0.1) is 11.8 Å². The molecule has 112 valence electrons. The van der Waals surface area contributed by atoms with Crippen molar-refractivity contribution < 1.29 is 9.53 Å². The highest BCUT2D eigenvalue weighted by Crippen LogP contribution is 2.19. The molecule has 0 aliphatic rings. The standard InChI is InChI=1S/C16H26N2O2/c1-12(2)9-18(10-13(3)4)16(19)11-20-15-8-6-5-7-14(15)17/h5-8,12-13H,9-11,17H2,1-4H3. The third kappa shape index (κ3) is 5.51. The summed E-state index contributed by atoms with van der Waals surface area (Å²) in [4.78, 5) is 14.1.